The Hall–Kier alpha value is -5.22. The highest BCUT2D eigenvalue weighted by Gasteiger charge is 2.27. The van der Waals surface area contributed by atoms with E-state index in [1.807, 2.05) is 66.7 Å². The fourth-order valence-electron chi connectivity index (χ4n) is 4.80. The highest BCUT2D eigenvalue weighted by atomic mass is 16.6. The molecule has 0 aliphatic carbocycles. The molecule has 0 aliphatic rings. The van der Waals surface area contributed by atoms with Crippen molar-refractivity contribution < 1.29 is 33.8 Å². The topological polar surface area (TPSA) is 143 Å². The number of rotatable bonds is 19. The number of alkyl carbamates (subject to hydrolysis) is 1. The van der Waals surface area contributed by atoms with Crippen molar-refractivity contribution in [2.75, 3.05) is 13.2 Å². The summed E-state index contributed by atoms with van der Waals surface area (Å²) >= 11 is 0. The predicted octanol–water partition coefficient (Wildman–Crippen LogP) is 4.56. The predicted molar refractivity (Wildman–Crippen MR) is 179 cm³/mol. The Morgan fingerprint density at radius 3 is 1.94 bits per heavy atom. The van der Waals surface area contributed by atoms with E-state index in [0.717, 1.165) is 11.1 Å². The minimum Gasteiger partial charge on any atom is -0.462 e. The second-order valence-corrected chi connectivity index (χ2v) is 10.9. The number of aliphatic hydroxyl groups excluding tert-OH is 1. The summed E-state index contributed by atoms with van der Waals surface area (Å²) in [5.41, 5.74) is 2.43. The van der Waals surface area contributed by atoms with Crippen molar-refractivity contribution in [3.63, 3.8) is 0 Å². The van der Waals surface area contributed by atoms with Gasteiger partial charge in [0.15, 0.2) is 0 Å². The summed E-state index contributed by atoms with van der Waals surface area (Å²) in [4.78, 5) is 51.9. The second kappa shape index (κ2) is 20.0. The first kappa shape index (κ1) is 36.3. The molecule has 10 nitrogen and oxygen atoms in total. The van der Waals surface area contributed by atoms with Crippen LogP contribution in [-0.4, -0.2) is 54.3 Å². The number of allylic oxidation sites excluding steroid dienone is 1. The van der Waals surface area contributed by atoms with Gasteiger partial charge in [0.25, 0.3) is 0 Å². The van der Waals surface area contributed by atoms with E-state index in [2.05, 4.69) is 29.1 Å². The number of esters is 1. The molecule has 248 valence electrons. The quantitative estimate of drug-likeness (QED) is 0.111. The number of ether oxygens (including phenoxy) is 2. The molecule has 0 aliphatic heterocycles. The minimum absolute atomic E-state index is 0.0300. The highest BCUT2D eigenvalue weighted by molar-refractivity contribution is 5.86. The number of carbonyl (C=O) groups excluding carboxylic acids is 4. The second-order valence-electron chi connectivity index (χ2n) is 10.9. The van der Waals surface area contributed by atoms with Crippen LogP contribution in [-0.2, 0) is 36.9 Å². The zero-order chi connectivity index (χ0) is 33.9. The van der Waals surface area contributed by atoms with Crippen molar-refractivity contribution in [2.24, 2.45) is 5.92 Å². The molecule has 10 heteroatoms. The number of amides is 3. The first-order valence-electron chi connectivity index (χ1n) is 15.5. The third kappa shape index (κ3) is 13.0. The van der Waals surface area contributed by atoms with E-state index >= 15 is 0 Å². The van der Waals surface area contributed by atoms with Crippen molar-refractivity contribution in [3.8, 4) is 0 Å². The molecule has 3 aromatic rings. The van der Waals surface area contributed by atoms with Crippen molar-refractivity contribution in [1.29, 1.82) is 0 Å². The Morgan fingerprint density at radius 2 is 1.34 bits per heavy atom. The number of benzene rings is 3. The van der Waals surface area contributed by atoms with Gasteiger partial charge in [-0.2, -0.15) is 0 Å². The van der Waals surface area contributed by atoms with Gasteiger partial charge in [-0.1, -0.05) is 103 Å². The third-order valence-corrected chi connectivity index (χ3v) is 7.27. The fraction of sp³-hybridized carbons (Fsp3) is 0.297. The Kier molecular flexibility index (Phi) is 15.4. The Labute approximate surface area is 275 Å². The van der Waals surface area contributed by atoms with Crippen LogP contribution in [0.1, 0.15) is 42.0 Å². The van der Waals surface area contributed by atoms with Gasteiger partial charge < -0.3 is 30.5 Å². The smallest absolute Gasteiger partial charge is 0.408 e. The fourth-order valence-corrected chi connectivity index (χ4v) is 4.80. The van der Waals surface area contributed by atoms with Gasteiger partial charge in [-0.05, 0) is 36.0 Å². The lowest BCUT2D eigenvalue weighted by molar-refractivity contribution is -0.147. The maximum atomic E-state index is 13.5. The standard InChI is InChI=1S/C37H43N3O7/c1-3-14-30(23-34(42)38-31(24-41)22-27-16-8-5-9-17-27)35(43)39-33(29-20-12-7-13-21-29)26-46-36(44)32(15-4-2)40-37(45)47-25-28-18-10-6-11-19-28/h3-13,16-21,30-33,41H,1-2,14-15,22-26H2,(H,38,42)(H,39,43)(H,40,45)/t30-,31-,32-,33-/m1/s1. The van der Waals surface area contributed by atoms with Crippen LogP contribution in [0.5, 0.6) is 0 Å². The zero-order valence-electron chi connectivity index (χ0n) is 26.4. The largest absolute Gasteiger partial charge is 0.462 e. The van der Waals surface area contributed by atoms with Gasteiger partial charge in [-0.3, -0.25) is 9.59 Å². The van der Waals surface area contributed by atoms with Crippen LogP contribution in [0.3, 0.4) is 0 Å². The van der Waals surface area contributed by atoms with Crippen LogP contribution in [0.2, 0.25) is 0 Å². The molecule has 0 fully saturated rings. The summed E-state index contributed by atoms with van der Waals surface area (Å²) in [7, 11) is 0. The first-order chi connectivity index (χ1) is 22.8. The molecule has 47 heavy (non-hydrogen) atoms. The van der Waals surface area contributed by atoms with E-state index in [0.29, 0.717) is 12.0 Å². The lowest BCUT2D eigenvalue weighted by Crippen LogP contribution is -2.44. The first-order valence-corrected chi connectivity index (χ1v) is 15.5. The van der Waals surface area contributed by atoms with E-state index in [-0.39, 0.29) is 45.0 Å². The van der Waals surface area contributed by atoms with Gasteiger partial charge >= 0.3 is 12.1 Å². The molecule has 0 heterocycles. The zero-order valence-corrected chi connectivity index (χ0v) is 26.4. The van der Waals surface area contributed by atoms with Gasteiger partial charge in [-0.15, -0.1) is 13.2 Å². The van der Waals surface area contributed by atoms with Crippen LogP contribution in [0.25, 0.3) is 0 Å². The van der Waals surface area contributed by atoms with Crippen LogP contribution in [0.15, 0.2) is 116 Å². The Balaban J connectivity index is 1.62. The number of carbonyl (C=O) groups is 4. The maximum Gasteiger partial charge on any atom is 0.408 e. The maximum absolute atomic E-state index is 13.5. The number of aliphatic hydroxyl groups is 1. The SMILES string of the molecule is C=CC[C@H](CC(=O)N[C@@H](CO)Cc1ccccc1)C(=O)N[C@H](COC(=O)[C@@H](CC=C)NC(=O)OCc1ccccc1)c1ccccc1. The van der Waals surface area contributed by atoms with Gasteiger partial charge in [0, 0.05) is 6.42 Å². The minimum atomic E-state index is -1.06. The molecule has 3 amide bonds. The monoisotopic (exact) mass is 641 g/mol. The molecule has 4 N–H and O–H groups in total. The Bertz CT molecular complexity index is 1430. The number of hydrogen-bond acceptors (Lipinski definition) is 7. The lowest BCUT2D eigenvalue weighted by Gasteiger charge is -2.24. The molecule has 0 spiro atoms. The summed E-state index contributed by atoms with van der Waals surface area (Å²) in [5, 5.41) is 18.1. The van der Waals surface area contributed by atoms with Crippen LogP contribution < -0.4 is 16.0 Å². The molecular weight excluding hydrogens is 598 g/mol. The lowest BCUT2D eigenvalue weighted by atomic mass is 9.97. The highest BCUT2D eigenvalue weighted by Crippen LogP contribution is 2.18. The van der Waals surface area contributed by atoms with Crippen LogP contribution >= 0.6 is 0 Å². The van der Waals surface area contributed by atoms with Gasteiger partial charge in [0.05, 0.1) is 24.6 Å². The molecule has 3 aromatic carbocycles. The summed E-state index contributed by atoms with van der Waals surface area (Å²) in [6.07, 6.45) is 2.87. The molecule has 0 saturated carbocycles. The molecule has 0 saturated heterocycles. The molecule has 3 rings (SSSR count). The van der Waals surface area contributed by atoms with Gasteiger partial charge in [0.2, 0.25) is 11.8 Å². The number of hydrogen-bond donors (Lipinski definition) is 4. The molecular formula is C37H43N3O7. The van der Waals surface area contributed by atoms with E-state index in [9.17, 15) is 24.3 Å². The van der Waals surface area contributed by atoms with Crippen molar-refractivity contribution >= 4 is 23.9 Å². The summed E-state index contributed by atoms with van der Waals surface area (Å²) < 4.78 is 10.8. The molecule has 0 aromatic heterocycles. The molecule has 0 radical (unpaired) electrons. The number of nitrogens with one attached hydrogen (secondary N) is 3. The van der Waals surface area contributed by atoms with Crippen molar-refractivity contribution in [3.05, 3.63) is 133 Å². The molecule has 0 unspecified atom stereocenters. The summed E-state index contributed by atoms with van der Waals surface area (Å²) in [5.74, 6) is -2.31. The Morgan fingerprint density at radius 1 is 0.745 bits per heavy atom. The van der Waals surface area contributed by atoms with Crippen LogP contribution in [0.4, 0.5) is 4.79 Å². The van der Waals surface area contributed by atoms with E-state index in [4.69, 9.17) is 9.47 Å². The van der Waals surface area contributed by atoms with Crippen molar-refractivity contribution in [1.82, 2.24) is 16.0 Å². The van der Waals surface area contributed by atoms with Crippen molar-refractivity contribution in [2.45, 2.75) is 50.4 Å². The van der Waals surface area contributed by atoms with E-state index in [1.54, 1.807) is 30.3 Å². The normalized spacial score (nSPS) is 13.1. The van der Waals surface area contributed by atoms with Gasteiger partial charge in [-0.25, -0.2) is 9.59 Å². The average molecular weight is 642 g/mol. The molecule has 0 bridgehead atoms. The van der Waals surface area contributed by atoms with E-state index < -0.39 is 42.0 Å². The third-order valence-electron chi connectivity index (χ3n) is 7.27. The average Bonchev–Trinajstić information content (AvgIpc) is 3.09. The van der Waals surface area contributed by atoms with Crippen LogP contribution in [0, 0.1) is 5.92 Å². The van der Waals surface area contributed by atoms with E-state index in [1.165, 1.54) is 6.08 Å². The molecule has 4 atom stereocenters. The summed E-state index contributed by atoms with van der Waals surface area (Å²) in [6, 6.07) is 25.2. The van der Waals surface area contributed by atoms with Gasteiger partial charge in [0.1, 0.15) is 19.3 Å². The summed E-state index contributed by atoms with van der Waals surface area (Å²) in [6.45, 7) is 6.93.